The van der Waals surface area contributed by atoms with E-state index in [1.54, 1.807) is 0 Å². The van der Waals surface area contributed by atoms with E-state index in [1.165, 1.54) is 22.3 Å². The van der Waals surface area contributed by atoms with Gasteiger partial charge >= 0.3 is 0 Å². The summed E-state index contributed by atoms with van der Waals surface area (Å²) in [5.74, 6) is 0.330. The molecule has 0 amide bonds. The summed E-state index contributed by atoms with van der Waals surface area (Å²) >= 11 is 0. The summed E-state index contributed by atoms with van der Waals surface area (Å²) in [7, 11) is 0. The highest BCUT2D eigenvalue weighted by molar-refractivity contribution is 5.43. The molecule has 2 aromatic carbocycles. The molecule has 1 aliphatic carbocycles. The van der Waals surface area contributed by atoms with Gasteiger partial charge in [0.25, 0.3) is 0 Å². The topological polar surface area (TPSA) is 48.8 Å². The van der Waals surface area contributed by atoms with Gasteiger partial charge in [0.15, 0.2) is 0 Å². The molecule has 0 radical (unpaired) electrons. The third-order valence-corrected chi connectivity index (χ3v) is 4.17. The number of rotatable bonds is 2. The first-order chi connectivity index (χ1) is 9.79. The van der Waals surface area contributed by atoms with Gasteiger partial charge in [-0.2, -0.15) is 0 Å². The van der Waals surface area contributed by atoms with Gasteiger partial charge in [-0.15, -0.1) is 0 Å². The van der Waals surface area contributed by atoms with Crippen molar-refractivity contribution >= 4 is 0 Å². The van der Waals surface area contributed by atoms with Gasteiger partial charge in [0.1, 0.15) is 0 Å². The Bertz CT molecular complexity index is 671. The van der Waals surface area contributed by atoms with Crippen LogP contribution < -0.4 is 0 Å². The number of benzene rings is 2. The SMILES string of the molecule is Cc1ccccc1[C@H]1C[C@H](N=[N+]=[N-])Cc2ccccc21. The van der Waals surface area contributed by atoms with E-state index in [0.717, 1.165) is 12.8 Å². The standard InChI is InChI=1S/C17H17N3/c1-12-6-2-4-8-15(12)17-11-14(19-20-18)10-13-7-3-5-9-16(13)17/h2-9,14,17H,10-11H2,1H3/t14-,17-/m1/s1. The Morgan fingerprint density at radius 3 is 2.50 bits per heavy atom. The Kier molecular flexibility index (Phi) is 3.44. The van der Waals surface area contributed by atoms with Crippen molar-refractivity contribution in [3.05, 3.63) is 81.2 Å². The molecule has 0 saturated carbocycles. The number of hydrogen-bond acceptors (Lipinski definition) is 1. The molecule has 0 aromatic heterocycles. The second-order valence-electron chi connectivity index (χ2n) is 5.41. The average Bonchev–Trinajstić information content (AvgIpc) is 2.47. The highest BCUT2D eigenvalue weighted by Crippen LogP contribution is 2.38. The van der Waals surface area contributed by atoms with Gasteiger partial charge in [-0.3, -0.25) is 0 Å². The summed E-state index contributed by atoms with van der Waals surface area (Å²) in [6.45, 7) is 2.15. The maximum atomic E-state index is 8.74. The van der Waals surface area contributed by atoms with Crippen molar-refractivity contribution < 1.29 is 0 Å². The molecule has 20 heavy (non-hydrogen) atoms. The fourth-order valence-corrected chi connectivity index (χ4v) is 3.23. The third kappa shape index (κ3) is 2.28. The van der Waals surface area contributed by atoms with Gasteiger partial charge in [0, 0.05) is 16.9 Å². The zero-order valence-corrected chi connectivity index (χ0v) is 11.5. The Hall–Kier alpha value is -2.25. The predicted molar refractivity (Wildman–Crippen MR) is 80.7 cm³/mol. The van der Waals surface area contributed by atoms with Crippen LogP contribution in [0.15, 0.2) is 53.6 Å². The third-order valence-electron chi connectivity index (χ3n) is 4.17. The van der Waals surface area contributed by atoms with Crippen molar-refractivity contribution in [2.75, 3.05) is 0 Å². The largest absolute Gasteiger partial charge is 0.0902 e. The van der Waals surface area contributed by atoms with E-state index in [-0.39, 0.29) is 6.04 Å². The van der Waals surface area contributed by atoms with E-state index >= 15 is 0 Å². The molecule has 0 unspecified atom stereocenters. The first-order valence-corrected chi connectivity index (χ1v) is 6.97. The van der Waals surface area contributed by atoms with E-state index in [9.17, 15) is 0 Å². The van der Waals surface area contributed by atoms with Crippen LogP contribution in [-0.2, 0) is 6.42 Å². The first-order valence-electron chi connectivity index (χ1n) is 6.97. The van der Waals surface area contributed by atoms with E-state index < -0.39 is 0 Å². The highest BCUT2D eigenvalue weighted by atomic mass is 15.1. The van der Waals surface area contributed by atoms with Gasteiger partial charge < -0.3 is 0 Å². The van der Waals surface area contributed by atoms with Gasteiger partial charge in [-0.05, 0) is 47.6 Å². The highest BCUT2D eigenvalue weighted by Gasteiger charge is 2.27. The molecule has 1 aliphatic rings. The molecule has 0 bridgehead atoms. The lowest BCUT2D eigenvalue weighted by molar-refractivity contribution is 0.528. The number of fused-ring (bicyclic) bond motifs is 1. The van der Waals surface area contributed by atoms with Crippen LogP contribution in [0.2, 0.25) is 0 Å². The maximum Gasteiger partial charge on any atom is 0.0423 e. The van der Waals surface area contributed by atoms with Crippen LogP contribution >= 0.6 is 0 Å². The van der Waals surface area contributed by atoms with Crippen molar-refractivity contribution in [1.29, 1.82) is 0 Å². The van der Waals surface area contributed by atoms with Crippen LogP contribution in [0.5, 0.6) is 0 Å². The molecule has 0 aliphatic heterocycles. The van der Waals surface area contributed by atoms with Gasteiger partial charge in [-0.1, -0.05) is 53.6 Å². The molecule has 100 valence electrons. The molecule has 3 nitrogen and oxygen atoms in total. The summed E-state index contributed by atoms with van der Waals surface area (Å²) in [4.78, 5) is 3.01. The molecule has 2 aromatic rings. The van der Waals surface area contributed by atoms with Crippen molar-refractivity contribution in [1.82, 2.24) is 0 Å². The van der Waals surface area contributed by atoms with E-state index in [1.807, 2.05) is 0 Å². The molecule has 0 N–H and O–H groups in total. The van der Waals surface area contributed by atoms with Crippen LogP contribution in [0, 0.1) is 6.92 Å². The quantitative estimate of drug-likeness (QED) is 0.426. The van der Waals surface area contributed by atoms with Crippen molar-refractivity contribution in [3.8, 4) is 0 Å². The minimum absolute atomic E-state index is 0.0551. The van der Waals surface area contributed by atoms with Gasteiger partial charge in [0.2, 0.25) is 0 Å². The van der Waals surface area contributed by atoms with Crippen molar-refractivity contribution in [2.45, 2.75) is 31.7 Å². The Morgan fingerprint density at radius 1 is 1.05 bits per heavy atom. The molecule has 0 saturated heterocycles. The number of hydrogen-bond donors (Lipinski definition) is 0. The lowest BCUT2D eigenvalue weighted by Gasteiger charge is -2.30. The molecular weight excluding hydrogens is 246 g/mol. The molecule has 3 rings (SSSR count). The molecule has 3 heteroatoms. The molecular formula is C17H17N3. The second kappa shape index (κ2) is 5.40. The average molecular weight is 263 g/mol. The van der Waals surface area contributed by atoms with Crippen molar-refractivity contribution in [3.63, 3.8) is 0 Å². The smallest absolute Gasteiger partial charge is 0.0423 e. The Morgan fingerprint density at radius 2 is 1.75 bits per heavy atom. The summed E-state index contributed by atoms with van der Waals surface area (Å²) < 4.78 is 0. The number of nitrogens with zero attached hydrogens (tertiary/aromatic N) is 3. The summed E-state index contributed by atoms with van der Waals surface area (Å²) in [6, 6.07) is 17.1. The molecule has 0 spiro atoms. The second-order valence-corrected chi connectivity index (χ2v) is 5.41. The monoisotopic (exact) mass is 263 g/mol. The van der Waals surface area contributed by atoms with Crippen LogP contribution in [0.1, 0.15) is 34.6 Å². The first kappa shape index (κ1) is 12.8. The van der Waals surface area contributed by atoms with Crippen LogP contribution in [0.25, 0.3) is 10.4 Å². The molecule has 2 atom stereocenters. The fraction of sp³-hybridized carbons (Fsp3) is 0.294. The van der Waals surface area contributed by atoms with Crippen LogP contribution in [0.4, 0.5) is 0 Å². The summed E-state index contributed by atoms with van der Waals surface area (Å²) in [5.41, 5.74) is 14.1. The summed E-state index contributed by atoms with van der Waals surface area (Å²) in [5, 5.41) is 3.97. The molecule has 0 fully saturated rings. The normalized spacial score (nSPS) is 20.9. The van der Waals surface area contributed by atoms with E-state index in [0.29, 0.717) is 5.92 Å². The molecule has 0 heterocycles. The zero-order chi connectivity index (χ0) is 13.9. The fourth-order valence-electron chi connectivity index (χ4n) is 3.23. The van der Waals surface area contributed by atoms with Crippen molar-refractivity contribution in [2.24, 2.45) is 5.11 Å². The van der Waals surface area contributed by atoms with Gasteiger partial charge in [-0.25, -0.2) is 0 Å². The van der Waals surface area contributed by atoms with Gasteiger partial charge in [0.05, 0.1) is 0 Å². The maximum absolute atomic E-state index is 8.74. The van der Waals surface area contributed by atoms with E-state index in [2.05, 4.69) is 65.5 Å². The lowest BCUT2D eigenvalue weighted by atomic mass is 9.76. The minimum Gasteiger partial charge on any atom is -0.0902 e. The van der Waals surface area contributed by atoms with Crippen LogP contribution in [0.3, 0.4) is 0 Å². The Balaban J connectivity index is 2.09. The number of aryl methyl sites for hydroxylation is 1. The Labute approximate surface area is 118 Å². The predicted octanol–water partition coefficient (Wildman–Crippen LogP) is 4.75. The van der Waals surface area contributed by atoms with Crippen LogP contribution in [-0.4, -0.2) is 6.04 Å². The zero-order valence-electron chi connectivity index (χ0n) is 11.5. The lowest BCUT2D eigenvalue weighted by Crippen LogP contribution is -2.22. The minimum atomic E-state index is 0.0551. The number of azide groups is 1. The summed E-state index contributed by atoms with van der Waals surface area (Å²) in [6.07, 6.45) is 1.74. The van der Waals surface area contributed by atoms with E-state index in [4.69, 9.17) is 5.53 Å².